The molecule has 3 nitrogen and oxygen atoms in total. The lowest BCUT2D eigenvalue weighted by molar-refractivity contribution is 0.670. The molecule has 3 heteroatoms. The third-order valence-electron chi connectivity index (χ3n) is 14.8. The van der Waals surface area contributed by atoms with Crippen molar-refractivity contribution < 1.29 is 4.42 Å². The molecule has 0 atom stereocenters. The number of anilines is 3. The van der Waals surface area contributed by atoms with Crippen LogP contribution in [-0.2, 0) is 0 Å². The summed E-state index contributed by atoms with van der Waals surface area (Å²) in [5, 5.41) is 4.62. The van der Waals surface area contributed by atoms with Crippen LogP contribution >= 0.6 is 0 Å². The van der Waals surface area contributed by atoms with Crippen molar-refractivity contribution in [2.24, 2.45) is 0 Å². The quantitative estimate of drug-likeness (QED) is 0.136. The fourth-order valence-corrected chi connectivity index (χ4v) is 11.3. The number of aromatic nitrogens is 1. The van der Waals surface area contributed by atoms with E-state index in [1.165, 1.54) is 27.5 Å². The van der Waals surface area contributed by atoms with Crippen molar-refractivity contribution in [1.82, 2.24) is 4.57 Å². The number of hydrogen-bond acceptors (Lipinski definition) is 2. The summed E-state index contributed by atoms with van der Waals surface area (Å²) in [4.78, 5) is 2.47. The SMILES string of the molecule is c1ccc(-c2ccc(-c3ccc(N(c4cccc(-n5c6ccccc6c6ccccc65)c4)c4cccc(-c5cccc(-c6ccccc6)c5)c4-c4cccc5c4oc4ccccc45)cc3-c3ccccc3)cc2)cc1. The van der Waals surface area contributed by atoms with Gasteiger partial charge in [-0.25, -0.2) is 0 Å². The molecule has 14 rings (SSSR count). The zero-order chi connectivity index (χ0) is 49.7. The minimum Gasteiger partial charge on any atom is -0.455 e. The molecule has 2 aromatic heterocycles. The highest BCUT2D eigenvalue weighted by Crippen LogP contribution is 2.50. The van der Waals surface area contributed by atoms with Gasteiger partial charge < -0.3 is 13.9 Å². The molecule has 0 bridgehead atoms. The molecular weight excluding hydrogens is 909 g/mol. The van der Waals surface area contributed by atoms with Crippen LogP contribution in [0.3, 0.4) is 0 Å². The first-order valence-corrected chi connectivity index (χ1v) is 25.7. The van der Waals surface area contributed by atoms with Crippen molar-refractivity contribution in [1.29, 1.82) is 0 Å². The molecule has 0 fully saturated rings. The van der Waals surface area contributed by atoms with Crippen LogP contribution in [0.5, 0.6) is 0 Å². The van der Waals surface area contributed by atoms with Crippen molar-refractivity contribution in [3.05, 3.63) is 291 Å². The van der Waals surface area contributed by atoms with Gasteiger partial charge in [-0.1, -0.05) is 231 Å². The summed E-state index contributed by atoms with van der Waals surface area (Å²) in [6.45, 7) is 0. The number of hydrogen-bond donors (Lipinski definition) is 0. The van der Waals surface area contributed by atoms with E-state index in [2.05, 4.69) is 301 Å². The summed E-state index contributed by atoms with van der Waals surface area (Å²) >= 11 is 0. The molecule has 14 aromatic rings. The van der Waals surface area contributed by atoms with Gasteiger partial charge in [-0.3, -0.25) is 0 Å². The zero-order valence-electron chi connectivity index (χ0n) is 41.0. The summed E-state index contributed by atoms with van der Waals surface area (Å²) in [6.07, 6.45) is 0. The number of benzene rings is 12. The summed E-state index contributed by atoms with van der Waals surface area (Å²) in [6, 6.07) is 105. The van der Waals surface area contributed by atoms with Crippen molar-refractivity contribution in [2.75, 3.05) is 4.90 Å². The molecule has 352 valence electrons. The molecule has 2 heterocycles. The molecule has 75 heavy (non-hydrogen) atoms. The van der Waals surface area contributed by atoms with Crippen molar-refractivity contribution >= 4 is 60.8 Å². The minimum absolute atomic E-state index is 0.852. The fourth-order valence-electron chi connectivity index (χ4n) is 11.3. The van der Waals surface area contributed by atoms with Crippen molar-refractivity contribution in [3.8, 4) is 72.4 Å². The molecule has 0 N–H and O–H groups in total. The number of para-hydroxylation sites is 4. The Morgan fingerprint density at radius 1 is 0.280 bits per heavy atom. The fraction of sp³-hybridized carbons (Fsp3) is 0. The predicted molar refractivity (Wildman–Crippen MR) is 315 cm³/mol. The third-order valence-corrected chi connectivity index (χ3v) is 14.8. The molecule has 0 aliphatic heterocycles. The number of rotatable bonds is 10. The normalized spacial score (nSPS) is 11.5. The van der Waals surface area contributed by atoms with Crippen LogP contribution < -0.4 is 4.90 Å². The summed E-state index contributed by atoms with van der Waals surface area (Å²) in [5.41, 5.74) is 21.7. The summed E-state index contributed by atoms with van der Waals surface area (Å²) in [7, 11) is 0. The Morgan fingerprint density at radius 3 is 1.52 bits per heavy atom. The van der Waals surface area contributed by atoms with Gasteiger partial charge in [0.05, 0.1) is 16.7 Å². The maximum atomic E-state index is 6.97. The van der Waals surface area contributed by atoms with E-state index in [0.717, 1.165) is 106 Å². The zero-order valence-corrected chi connectivity index (χ0v) is 41.0. The predicted octanol–water partition coefficient (Wildman–Crippen LogP) is 20.2. The smallest absolute Gasteiger partial charge is 0.143 e. The number of nitrogens with zero attached hydrogens (tertiary/aromatic N) is 2. The van der Waals surface area contributed by atoms with Gasteiger partial charge in [0.2, 0.25) is 0 Å². The first kappa shape index (κ1) is 43.8. The molecule has 0 spiro atoms. The molecule has 0 aliphatic carbocycles. The molecule has 0 saturated carbocycles. The summed E-state index contributed by atoms with van der Waals surface area (Å²) in [5.74, 6) is 0. The van der Waals surface area contributed by atoms with Gasteiger partial charge in [-0.05, 0) is 116 Å². The maximum Gasteiger partial charge on any atom is 0.143 e. The van der Waals surface area contributed by atoms with Gasteiger partial charge >= 0.3 is 0 Å². The highest BCUT2D eigenvalue weighted by atomic mass is 16.3. The number of furan rings is 1. The summed E-state index contributed by atoms with van der Waals surface area (Å²) < 4.78 is 9.38. The van der Waals surface area contributed by atoms with Gasteiger partial charge in [0, 0.05) is 49.7 Å². The van der Waals surface area contributed by atoms with Crippen LogP contribution in [0.25, 0.3) is 116 Å². The second-order valence-corrected chi connectivity index (χ2v) is 19.2. The van der Waals surface area contributed by atoms with E-state index in [1.807, 2.05) is 0 Å². The molecule has 12 aromatic carbocycles. The standard InChI is InChI=1S/C72H48N2O/c1-4-20-49(21-5-1)51-40-42-53(43-41-51)59-45-44-58(48-66(59)52-24-8-3-9-25-52)73(56-28-17-29-57(47-56)74-67-36-13-10-30-61(67)62-31-11-14-37-68(62)74)69-38-19-33-60(55-27-16-26-54(46-55)50-22-6-2-7-23-50)71(69)65-35-18-34-64-63-32-12-15-39-70(63)75-72(64)65/h1-48H. The van der Waals surface area contributed by atoms with E-state index >= 15 is 0 Å². The highest BCUT2D eigenvalue weighted by molar-refractivity contribution is 6.13. The van der Waals surface area contributed by atoms with Crippen molar-refractivity contribution in [3.63, 3.8) is 0 Å². The monoisotopic (exact) mass is 956 g/mol. The first-order chi connectivity index (χ1) is 37.2. The van der Waals surface area contributed by atoms with Crippen molar-refractivity contribution in [2.45, 2.75) is 0 Å². The Kier molecular flexibility index (Phi) is 10.8. The molecule has 0 saturated heterocycles. The van der Waals surface area contributed by atoms with Crippen LogP contribution in [-0.4, -0.2) is 4.57 Å². The topological polar surface area (TPSA) is 21.3 Å². The van der Waals surface area contributed by atoms with E-state index in [0.29, 0.717) is 0 Å². The Bertz CT molecular complexity index is 4340. The van der Waals surface area contributed by atoms with Crippen LogP contribution in [0.2, 0.25) is 0 Å². The van der Waals surface area contributed by atoms with Crippen LogP contribution in [0.4, 0.5) is 17.1 Å². The van der Waals surface area contributed by atoms with E-state index in [1.54, 1.807) is 0 Å². The highest BCUT2D eigenvalue weighted by Gasteiger charge is 2.26. The lowest BCUT2D eigenvalue weighted by Gasteiger charge is -2.30. The second kappa shape index (κ2) is 18.6. The van der Waals surface area contributed by atoms with E-state index in [-0.39, 0.29) is 0 Å². The van der Waals surface area contributed by atoms with E-state index in [9.17, 15) is 0 Å². The van der Waals surface area contributed by atoms with Gasteiger partial charge in [0.1, 0.15) is 11.2 Å². The Balaban J connectivity index is 1.05. The largest absolute Gasteiger partial charge is 0.455 e. The molecule has 0 radical (unpaired) electrons. The molecular formula is C72H48N2O. The van der Waals surface area contributed by atoms with Crippen LogP contribution in [0.15, 0.2) is 296 Å². The van der Waals surface area contributed by atoms with Gasteiger partial charge in [0.25, 0.3) is 0 Å². The lowest BCUT2D eigenvalue weighted by Crippen LogP contribution is -2.13. The molecule has 0 unspecified atom stereocenters. The van der Waals surface area contributed by atoms with Gasteiger partial charge in [-0.15, -0.1) is 0 Å². The van der Waals surface area contributed by atoms with E-state index < -0.39 is 0 Å². The van der Waals surface area contributed by atoms with Crippen LogP contribution in [0, 0.1) is 0 Å². The van der Waals surface area contributed by atoms with E-state index in [4.69, 9.17) is 4.42 Å². The molecule has 0 amide bonds. The second-order valence-electron chi connectivity index (χ2n) is 19.2. The first-order valence-electron chi connectivity index (χ1n) is 25.7. The van der Waals surface area contributed by atoms with Gasteiger partial charge in [-0.2, -0.15) is 0 Å². The molecule has 0 aliphatic rings. The average molecular weight is 957 g/mol. The number of fused-ring (bicyclic) bond motifs is 6. The van der Waals surface area contributed by atoms with Gasteiger partial charge in [0.15, 0.2) is 0 Å². The average Bonchev–Trinajstić information content (AvgIpc) is 4.07. The lowest BCUT2D eigenvalue weighted by atomic mass is 9.89. The minimum atomic E-state index is 0.852. The Hall–Kier alpha value is -9.96. The Labute approximate surface area is 436 Å². The third kappa shape index (κ3) is 7.78. The van der Waals surface area contributed by atoms with Crippen LogP contribution in [0.1, 0.15) is 0 Å². The Morgan fingerprint density at radius 2 is 0.787 bits per heavy atom. The maximum absolute atomic E-state index is 6.97.